The second-order valence-electron chi connectivity index (χ2n) is 4.24. The van der Waals surface area contributed by atoms with E-state index in [4.69, 9.17) is 9.47 Å². The average molecular weight is 414 g/mol. The number of rotatable bonds is 7. The first-order chi connectivity index (χ1) is 10.2. The topological polar surface area (TPSA) is 35.5 Å². The van der Waals surface area contributed by atoms with Crippen molar-refractivity contribution >= 4 is 39.9 Å². The summed E-state index contributed by atoms with van der Waals surface area (Å²) < 4.78 is 11.9. The van der Waals surface area contributed by atoms with Gasteiger partial charge in [0, 0.05) is 0 Å². The van der Waals surface area contributed by atoms with E-state index in [-0.39, 0.29) is 5.97 Å². The van der Waals surface area contributed by atoms with Crippen LogP contribution in [0.4, 0.5) is 0 Å². The molecule has 0 saturated carbocycles. The Balaban J connectivity index is 1.87. The zero-order valence-electron chi connectivity index (χ0n) is 11.4. The van der Waals surface area contributed by atoms with Crippen molar-refractivity contribution in [1.29, 1.82) is 0 Å². The molecule has 110 valence electrons. The van der Waals surface area contributed by atoms with Gasteiger partial charge in [-0.25, -0.2) is 4.79 Å². The molecule has 1 aromatic carbocycles. The fraction of sp³-hybridized carbons (Fsp3) is 0.188. The molecule has 0 radical (unpaired) electrons. The van der Waals surface area contributed by atoms with Gasteiger partial charge in [0.1, 0.15) is 16.4 Å². The Morgan fingerprint density at radius 3 is 2.52 bits per heavy atom. The summed E-state index contributed by atoms with van der Waals surface area (Å²) in [7, 11) is 0. The number of benzene rings is 1. The van der Waals surface area contributed by atoms with Gasteiger partial charge in [-0.15, -0.1) is 17.9 Å². The molecule has 0 aliphatic carbocycles. The smallest absolute Gasteiger partial charge is 0.353 e. The average Bonchev–Trinajstić information content (AvgIpc) is 2.92. The molecule has 0 bridgehead atoms. The third kappa shape index (κ3) is 5.17. The van der Waals surface area contributed by atoms with Gasteiger partial charge >= 0.3 is 5.97 Å². The van der Waals surface area contributed by atoms with E-state index in [1.54, 1.807) is 30.3 Å². The predicted octanol–water partition coefficient (Wildman–Crippen LogP) is 4.92. The van der Waals surface area contributed by atoms with E-state index in [0.29, 0.717) is 17.2 Å². The molecule has 0 atom stereocenters. The van der Waals surface area contributed by atoms with Gasteiger partial charge in [0.25, 0.3) is 0 Å². The molecule has 1 heterocycles. The Bertz CT molecular complexity index is 604. The Labute approximate surface area is 141 Å². The monoisotopic (exact) mass is 414 g/mol. The minimum absolute atomic E-state index is 0.331. The summed E-state index contributed by atoms with van der Waals surface area (Å²) in [5, 5.41) is 0. The van der Waals surface area contributed by atoms with E-state index < -0.39 is 0 Å². The van der Waals surface area contributed by atoms with Crippen molar-refractivity contribution in [3.05, 3.63) is 56.8 Å². The third-order valence-corrected chi connectivity index (χ3v) is 4.50. The Kier molecular flexibility index (Phi) is 6.25. The molecule has 5 heteroatoms. The highest BCUT2D eigenvalue weighted by Gasteiger charge is 2.11. The number of hydrogen-bond acceptors (Lipinski definition) is 4. The second-order valence-corrected chi connectivity index (χ2v) is 7.22. The van der Waals surface area contributed by atoms with Crippen molar-refractivity contribution in [3.8, 4) is 11.5 Å². The zero-order valence-corrected chi connectivity index (χ0v) is 14.4. The highest BCUT2D eigenvalue weighted by Crippen LogP contribution is 2.22. The molecule has 0 aliphatic rings. The fourth-order valence-corrected chi connectivity index (χ4v) is 3.10. The minimum atomic E-state index is -0.331. The zero-order chi connectivity index (χ0) is 15.1. The van der Waals surface area contributed by atoms with E-state index in [0.717, 1.165) is 21.5 Å². The lowest BCUT2D eigenvalue weighted by Gasteiger charge is -2.06. The van der Waals surface area contributed by atoms with Gasteiger partial charge in [0.15, 0.2) is 0 Å². The quantitative estimate of drug-likeness (QED) is 0.212. The van der Waals surface area contributed by atoms with Crippen LogP contribution in [0.3, 0.4) is 0 Å². The Morgan fingerprint density at radius 1 is 1.19 bits per heavy atom. The maximum atomic E-state index is 11.9. The summed E-state index contributed by atoms with van der Waals surface area (Å²) in [5.41, 5.74) is 0. The normalized spacial score (nSPS) is 10.1. The number of allylic oxidation sites excluding steroid dienone is 1. The highest BCUT2D eigenvalue weighted by atomic mass is 127. The molecule has 0 unspecified atom stereocenters. The fourth-order valence-electron chi connectivity index (χ4n) is 1.60. The van der Waals surface area contributed by atoms with E-state index in [9.17, 15) is 4.79 Å². The van der Waals surface area contributed by atoms with Gasteiger partial charge in [-0.2, -0.15) is 0 Å². The summed E-state index contributed by atoms with van der Waals surface area (Å²) in [6, 6.07) is 10.7. The number of hydrogen-bond donors (Lipinski definition) is 0. The highest BCUT2D eigenvalue weighted by molar-refractivity contribution is 14.1. The Morgan fingerprint density at radius 2 is 1.90 bits per heavy atom. The molecule has 0 N–H and O–H groups in total. The number of unbranched alkanes of at least 4 members (excludes halogenated alkanes) is 1. The van der Waals surface area contributed by atoms with Gasteiger partial charge in [0.2, 0.25) is 0 Å². The van der Waals surface area contributed by atoms with Crippen LogP contribution in [0, 0.1) is 2.88 Å². The number of halogens is 1. The largest absolute Gasteiger partial charge is 0.494 e. The van der Waals surface area contributed by atoms with Gasteiger partial charge in [-0.1, -0.05) is 6.08 Å². The van der Waals surface area contributed by atoms with Gasteiger partial charge in [0.05, 0.1) is 9.49 Å². The van der Waals surface area contributed by atoms with Crippen molar-refractivity contribution < 1.29 is 14.3 Å². The lowest BCUT2D eigenvalue weighted by atomic mass is 10.3. The summed E-state index contributed by atoms with van der Waals surface area (Å²) in [4.78, 5) is 12.5. The molecule has 0 aliphatic heterocycles. The van der Waals surface area contributed by atoms with E-state index in [1.807, 2.05) is 12.1 Å². The second kappa shape index (κ2) is 8.19. The Hall–Kier alpha value is -1.34. The lowest BCUT2D eigenvalue weighted by molar-refractivity contribution is 0.0739. The van der Waals surface area contributed by atoms with Gasteiger partial charge in [-0.3, -0.25) is 0 Å². The van der Waals surface area contributed by atoms with Crippen molar-refractivity contribution in [2.45, 2.75) is 12.8 Å². The van der Waals surface area contributed by atoms with Crippen LogP contribution in [-0.2, 0) is 0 Å². The van der Waals surface area contributed by atoms with Crippen molar-refractivity contribution in [2.75, 3.05) is 6.61 Å². The number of carbonyl (C=O) groups is 1. The van der Waals surface area contributed by atoms with E-state index in [2.05, 4.69) is 29.2 Å². The summed E-state index contributed by atoms with van der Waals surface area (Å²) in [5.74, 6) is 0.953. The van der Waals surface area contributed by atoms with Crippen LogP contribution in [0.15, 0.2) is 49.1 Å². The number of thiophene rings is 1. The van der Waals surface area contributed by atoms with Crippen LogP contribution in [0.5, 0.6) is 11.5 Å². The van der Waals surface area contributed by atoms with Crippen LogP contribution < -0.4 is 9.47 Å². The third-order valence-electron chi connectivity index (χ3n) is 2.63. The number of carbonyl (C=O) groups excluding carboxylic acids is 1. The molecule has 0 amide bonds. The van der Waals surface area contributed by atoms with Crippen LogP contribution in [0.2, 0.25) is 0 Å². The van der Waals surface area contributed by atoms with Crippen LogP contribution in [-0.4, -0.2) is 12.6 Å². The molecule has 1 aromatic heterocycles. The molecule has 0 saturated heterocycles. The lowest BCUT2D eigenvalue weighted by Crippen LogP contribution is -2.06. The summed E-state index contributed by atoms with van der Waals surface area (Å²) in [6.07, 6.45) is 3.75. The molecule has 2 rings (SSSR count). The first-order valence-electron chi connectivity index (χ1n) is 6.50. The molecule has 0 spiro atoms. The van der Waals surface area contributed by atoms with Gasteiger partial charge in [-0.05, 0) is 71.8 Å². The van der Waals surface area contributed by atoms with Crippen LogP contribution in [0.25, 0.3) is 0 Å². The number of esters is 1. The maximum Gasteiger partial charge on any atom is 0.353 e. The molecular formula is C16H15IO3S. The molecule has 3 nitrogen and oxygen atoms in total. The molecular weight excluding hydrogens is 399 g/mol. The van der Waals surface area contributed by atoms with E-state index >= 15 is 0 Å². The summed E-state index contributed by atoms with van der Waals surface area (Å²) >= 11 is 3.59. The maximum absolute atomic E-state index is 11.9. The summed E-state index contributed by atoms with van der Waals surface area (Å²) in [6.45, 7) is 4.32. The van der Waals surface area contributed by atoms with Crippen LogP contribution in [0.1, 0.15) is 22.5 Å². The SMILES string of the molecule is C=CCCCOc1ccc(OC(=O)c2ccc(I)s2)cc1. The molecule has 0 fully saturated rings. The molecule has 21 heavy (non-hydrogen) atoms. The van der Waals surface area contributed by atoms with Crippen molar-refractivity contribution in [2.24, 2.45) is 0 Å². The van der Waals surface area contributed by atoms with E-state index in [1.165, 1.54) is 11.3 Å². The predicted molar refractivity (Wildman–Crippen MR) is 93.4 cm³/mol. The first kappa shape index (κ1) is 16.0. The van der Waals surface area contributed by atoms with Crippen molar-refractivity contribution in [3.63, 3.8) is 0 Å². The first-order valence-corrected chi connectivity index (χ1v) is 8.40. The van der Waals surface area contributed by atoms with Crippen molar-refractivity contribution in [1.82, 2.24) is 0 Å². The number of ether oxygens (including phenoxy) is 2. The minimum Gasteiger partial charge on any atom is -0.494 e. The van der Waals surface area contributed by atoms with Gasteiger partial charge < -0.3 is 9.47 Å². The standard InChI is InChI=1S/C16H15IO3S/c1-2-3-4-11-19-12-5-7-13(8-6-12)20-16(18)14-9-10-15(17)21-14/h2,5-10H,1,3-4,11H2. The molecule has 2 aromatic rings. The van der Waals surface area contributed by atoms with Crippen LogP contribution >= 0.6 is 33.9 Å².